The van der Waals surface area contributed by atoms with Crippen molar-refractivity contribution in [3.05, 3.63) is 0 Å². The van der Waals surface area contributed by atoms with Crippen LogP contribution in [0.2, 0.25) is 0 Å². The first-order valence-corrected chi connectivity index (χ1v) is 8.52. The van der Waals surface area contributed by atoms with Gasteiger partial charge in [0.15, 0.2) is 9.84 Å². The first-order valence-electron chi connectivity index (χ1n) is 5.65. The van der Waals surface area contributed by atoms with Gasteiger partial charge in [0.25, 0.3) is 0 Å². The van der Waals surface area contributed by atoms with Gasteiger partial charge in [-0.05, 0) is 13.3 Å². The van der Waals surface area contributed by atoms with Gasteiger partial charge < -0.3 is 10.0 Å². The number of sulfone groups is 1. The molecule has 104 valence electrons. The lowest BCUT2D eigenvalue weighted by Crippen LogP contribution is -2.37. The molecule has 1 N–H and O–H groups in total. The molecule has 18 heavy (non-hydrogen) atoms. The molecule has 8 heteroatoms. The fourth-order valence-electron chi connectivity index (χ4n) is 1.71. The Morgan fingerprint density at radius 2 is 2.11 bits per heavy atom. The summed E-state index contributed by atoms with van der Waals surface area (Å²) < 4.78 is 22.5. The maximum Gasteiger partial charge on any atom is 0.323 e. The van der Waals surface area contributed by atoms with Gasteiger partial charge in [0, 0.05) is 11.8 Å². The highest BCUT2D eigenvalue weighted by Gasteiger charge is 2.29. The monoisotopic (exact) mass is 295 g/mol. The van der Waals surface area contributed by atoms with Crippen LogP contribution < -0.4 is 0 Å². The number of rotatable bonds is 6. The van der Waals surface area contributed by atoms with Crippen molar-refractivity contribution in [2.24, 2.45) is 0 Å². The zero-order valence-electron chi connectivity index (χ0n) is 10.2. The first kappa shape index (κ1) is 15.3. The third-order valence-electron chi connectivity index (χ3n) is 2.69. The molecule has 0 saturated carbocycles. The van der Waals surface area contributed by atoms with Crippen molar-refractivity contribution >= 4 is 33.5 Å². The Kier molecular flexibility index (Phi) is 5.46. The summed E-state index contributed by atoms with van der Waals surface area (Å²) in [6.45, 7) is 1.75. The molecule has 0 aromatic rings. The molecule has 1 saturated heterocycles. The second-order valence-electron chi connectivity index (χ2n) is 4.14. The van der Waals surface area contributed by atoms with Crippen molar-refractivity contribution in [3.63, 3.8) is 0 Å². The molecule has 1 atom stereocenters. The summed E-state index contributed by atoms with van der Waals surface area (Å²) in [5.74, 6) is -0.851. The molecule has 0 spiro atoms. The third-order valence-corrected chi connectivity index (χ3v) is 5.96. The predicted molar refractivity (Wildman–Crippen MR) is 69.4 cm³/mol. The fourth-order valence-corrected chi connectivity index (χ4v) is 5.26. The van der Waals surface area contributed by atoms with Crippen LogP contribution in [0.3, 0.4) is 0 Å². The smallest absolute Gasteiger partial charge is 0.323 e. The van der Waals surface area contributed by atoms with Crippen molar-refractivity contribution in [1.29, 1.82) is 0 Å². The minimum atomic E-state index is -2.93. The molecular formula is C10H17NO5S2. The van der Waals surface area contributed by atoms with Gasteiger partial charge >= 0.3 is 5.97 Å². The minimum Gasteiger partial charge on any atom is -0.480 e. The minimum absolute atomic E-state index is 0.0394. The fraction of sp³-hybridized carbons (Fsp3) is 0.800. The van der Waals surface area contributed by atoms with E-state index in [1.807, 2.05) is 0 Å². The Morgan fingerprint density at radius 3 is 2.56 bits per heavy atom. The third kappa shape index (κ3) is 4.85. The molecule has 1 rings (SSSR count). The molecule has 1 heterocycles. The van der Waals surface area contributed by atoms with Crippen LogP contribution in [0.1, 0.15) is 13.3 Å². The largest absolute Gasteiger partial charge is 0.480 e. The standard InChI is InChI=1S/C10H17NO5S2/c1-2-11(5-10(13)14)9(12)6-17-8-3-4-18(15,16)7-8/h8H,2-7H2,1H3,(H,13,14). The first-order chi connectivity index (χ1) is 8.34. The Morgan fingerprint density at radius 1 is 1.44 bits per heavy atom. The van der Waals surface area contributed by atoms with Crippen molar-refractivity contribution < 1.29 is 23.1 Å². The SMILES string of the molecule is CCN(CC(=O)O)C(=O)CSC1CCS(=O)(=O)C1. The predicted octanol–water partition coefficient (Wildman–Crippen LogP) is -0.160. The van der Waals surface area contributed by atoms with Crippen molar-refractivity contribution in [2.45, 2.75) is 18.6 Å². The van der Waals surface area contributed by atoms with Crippen molar-refractivity contribution in [1.82, 2.24) is 4.90 Å². The lowest BCUT2D eigenvalue weighted by atomic mass is 10.4. The molecule has 6 nitrogen and oxygen atoms in total. The highest BCUT2D eigenvalue weighted by atomic mass is 32.2. The molecule has 1 amide bonds. The number of hydrogen-bond acceptors (Lipinski definition) is 5. The number of amides is 1. The Hall–Kier alpha value is -0.760. The van der Waals surface area contributed by atoms with Crippen molar-refractivity contribution in [3.8, 4) is 0 Å². The number of carboxylic acids is 1. The van der Waals surface area contributed by atoms with Gasteiger partial charge in [-0.2, -0.15) is 0 Å². The summed E-state index contributed by atoms with van der Waals surface area (Å²) in [5, 5.41) is 8.59. The van der Waals surface area contributed by atoms with Gasteiger partial charge in [-0.25, -0.2) is 8.42 Å². The zero-order chi connectivity index (χ0) is 13.8. The van der Waals surface area contributed by atoms with Crippen LogP contribution in [0.4, 0.5) is 0 Å². The number of likely N-dealkylation sites (N-methyl/N-ethyl adjacent to an activating group) is 1. The quantitative estimate of drug-likeness (QED) is 0.732. The van der Waals surface area contributed by atoms with Gasteiger partial charge in [0.1, 0.15) is 6.54 Å². The zero-order valence-corrected chi connectivity index (χ0v) is 11.8. The summed E-state index contributed by atoms with van der Waals surface area (Å²) in [4.78, 5) is 23.5. The number of aliphatic carboxylic acids is 1. The Labute approximate surface area is 111 Å². The highest BCUT2D eigenvalue weighted by molar-refractivity contribution is 8.02. The summed E-state index contributed by atoms with van der Waals surface area (Å²) in [6, 6.07) is 0. The van der Waals surface area contributed by atoms with Gasteiger partial charge in [0.05, 0.1) is 17.3 Å². The lowest BCUT2D eigenvalue weighted by Gasteiger charge is -2.19. The Bertz CT molecular complexity index is 420. The van der Waals surface area contributed by atoms with E-state index in [0.29, 0.717) is 13.0 Å². The molecule has 1 aliphatic rings. The van der Waals surface area contributed by atoms with Gasteiger partial charge in [-0.15, -0.1) is 11.8 Å². The second kappa shape index (κ2) is 6.42. The molecule has 0 aromatic heterocycles. The van der Waals surface area contributed by atoms with Gasteiger partial charge in [-0.1, -0.05) is 0 Å². The van der Waals surface area contributed by atoms with Gasteiger partial charge in [0.2, 0.25) is 5.91 Å². The van der Waals surface area contributed by atoms with E-state index < -0.39 is 15.8 Å². The van der Waals surface area contributed by atoms with E-state index in [0.717, 1.165) is 0 Å². The maximum atomic E-state index is 11.7. The van der Waals surface area contributed by atoms with Crippen LogP contribution in [-0.2, 0) is 19.4 Å². The summed E-state index contributed by atoms with van der Waals surface area (Å²) in [6.07, 6.45) is 0.575. The summed E-state index contributed by atoms with van der Waals surface area (Å²) in [5.41, 5.74) is 0. The molecule has 0 aromatic carbocycles. The number of carbonyl (C=O) groups excluding carboxylic acids is 1. The topological polar surface area (TPSA) is 91.8 Å². The molecule has 1 fully saturated rings. The van der Waals surface area contributed by atoms with E-state index in [-0.39, 0.29) is 35.0 Å². The van der Waals surface area contributed by atoms with Crippen LogP contribution in [0.15, 0.2) is 0 Å². The van der Waals surface area contributed by atoms with E-state index in [1.165, 1.54) is 16.7 Å². The molecule has 0 radical (unpaired) electrons. The maximum absolute atomic E-state index is 11.7. The number of hydrogen-bond donors (Lipinski definition) is 1. The van der Waals surface area contributed by atoms with Crippen LogP contribution in [-0.4, -0.2) is 65.9 Å². The number of carbonyl (C=O) groups is 2. The number of thioether (sulfide) groups is 1. The van der Waals surface area contributed by atoms with E-state index >= 15 is 0 Å². The lowest BCUT2D eigenvalue weighted by molar-refractivity contribution is -0.143. The van der Waals surface area contributed by atoms with Gasteiger partial charge in [-0.3, -0.25) is 9.59 Å². The second-order valence-corrected chi connectivity index (χ2v) is 7.66. The highest BCUT2D eigenvalue weighted by Crippen LogP contribution is 2.24. The number of nitrogens with zero attached hydrogens (tertiary/aromatic N) is 1. The molecule has 1 unspecified atom stereocenters. The average Bonchev–Trinajstić information content (AvgIpc) is 2.62. The van der Waals surface area contributed by atoms with Crippen LogP contribution in [0.25, 0.3) is 0 Å². The summed E-state index contributed by atoms with van der Waals surface area (Å²) in [7, 11) is -2.93. The Balaban J connectivity index is 2.38. The number of carboxylic acid groups (broad SMARTS) is 1. The molecule has 1 aliphatic heterocycles. The summed E-state index contributed by atoms with van der Waals surface area (Å²) >= 11 is 1.30. The van der Waals surface area contributed by atoms with Crippen LogP contribution >= 0.6 is 11.8 Å². The van der Waals surface area contributed by atoms with Crippen molar-refractivity contribution in [2.75, 3.05) is 30.3 Å². The average molecular weight is 295 g/mol. The van der Waals surface area contributed by atoms with E-state index in [4.69, 9.17) is 5.11 Å². The van der Waals surface area contributed by atoms with Crippen LogP contribution in [0, 0.1) is 0 Å². The normalized spacial score (nSPS) is 21.7. The van der Waals surface area contributed by atoms with E-state index in [2.05, 4.69) is 0 Å². The molecular weight excluding hydrogens is 278 g/mol. The van der Waals surface area contributed by atoms with Crippen LogP contribution in [0.5, 0.6) is 0 Å². The molecule has 0 bridgehead atoms. The van der Waals surface area contributed by atoms with E-state index in [1.54, 1.807) is 6.92 Å². The molecule has 0 aliphatic carbocycles. The van der Waals surface area contributed by atoms with E-state index in [9.17, 15) is 18.0 Å².